The van der Waals surface area contributed by atoms with Crippen molar-refractivity contribution in [2.45, 2.75) is 13.0 Å². The number of aliphatic hydroxyl groups is 1. The van der Waals surface area contributed by atoms with E-state index >= 15 is 0 Å². The van der Waals surface area contributed by atoms with E-state index in [1.165, 1.54) is 12.0 Å². The molecule has 0 fully saturated rings. The molecule has 2 aromatic carbocycles. The number of anilines is 1. The molecule has 0 saturated carbocycles. The minimum atomic E-state index is -0.891. The second-order valence-corrected chi connectivity index (χ2v) is 8.31. The molecule has 1 atom stereocenters. The average molecular weight is 475 g/mol. The molecule has 1 unspecified atom stereocenters. The molecule has 0 spiro atoms. The van der Waals surface area contributed by atoms with Crippen molar-refractivity contribution in [3.63, 3.8) is 0 Å². The number of para-hydroxylation sites is 1. The van der Waals surface area contributed by atoms with Gasteiger partial charge in [0.25, 0.3) is 5.91 Å². The summed E-state index contributed by atoms with van der Waals surface area (Å²) in [6.07, 6.45) is 3.13. The van der Waals surface area contributed by atoms with Crippen LogP contribution in [0.3, 0.4) is 0 Å². The number of aromatic nitrogens is 1. The summed E-state index contributed by atoms with van der Waals surface area (Å²) in [5.41, 5.74) is 2.18. The van der Waals surface area contributed by atoms with Crippen LogP contribution in [-0.4, -0.2) is 28.9 Å². The standard InChI is InChI=1S/C26H19ClN2O5/c1-14-12-17(27)6-7-18(14)29-22(15-8-10-28-11-9-15)21(24(31)26(29)32)23(30)20-13-16-4-3-5-19(33-2)25(16)34-20/h3-13,22,31H,1-2H3. The molecule has 1 aliphatic heterocycles. The average Bonchev–Trinajstić information content (AvgIpc) is 3.39. The number of carbonyl (C=O) groups is 2. The van der Waals surface area contributed by atoms with Crippen LogP contribution in [0.5, 0.6) is 5.75 Å². The lowest BCUT2D eigenvalue weighted by Gasteiger charge is -2.28. The number of halogens is 1. The van der Waals surface area contributed by atoms with Gasteiger partial charge in [0.05, 0.1) is 18.7 Å². The summed E-state index contributed by atoms with van der Waals surface area (Å²) in [5.74, 6) is -1.46. The first-order valence-corrected chi connectivity index (χ1v) is 10.8. The van der Waals surface area contributed by atoms with Crippen LogP contribution in [0.25, 0.3) is 11.0 Å². The third-order valence-corrected chi connectivity index (χ3v) is 6.08. The highest BCUT2D eigenvalue weighted by Gasteiger charge is 2.45. The van der Waals surface area contributed by atoms with Crippen LogP contribution < -0.4 is 9.64 Å². The number of benzene rings is 2. The van der Waals surface area contributed by atoms with Crippen molar-refractivity contribution < 1.29 is 23.8 Å². The predicted molar refractivity (Wildman–Crippen MR) is 127 cm³/mol. The number of pyridine rings is 1. The Hall–Kier alpha value is -4.10. The molecule has 5 rings (SSSR count). The summed E-state index contributed by atoms with van der Waals surface area (Å²) in [7, 11) is 1.51. The Morgan fingerprint density at radius 1 is 1.15 bits per heavy atom. The number of carbonyl (C=O) groups excluding carboxylic acids is 2. The highest BCUT2D eigenvalue weighted by atomic mass is 35.5. The smallest absolute Gasteiger partial charge is 0.294 e. The molecule has 1 aliphatic rings. The van der Waals surface area contributed by atoms with Gasteiger partial charge in [-0.1, -0.05) is 23.7 Å². The zero-order valence-electron chi connectivity index (χ0n) is 18.3. The van der Waals surface area contributed by atoms with Crippen LogP contribution in [0.1, 0.15) is 27.7 Å². The first-order valence-electron chi connectivity index (χ1n) is 10.4. The molecule has 4 aromatic rings. The lowest BCUT2D eigenvalue weighted by atomic mass is 9.95. The van der Waals surface area contributed by atoms with Gasteiger partial charge in [0.1, 0.15) is 0 Å². The highest BCUT2D eigenvalue weighted by molar-refractivity contribution is 6.30. The zero-order valence-corrected chi connectivity index (χ0v) is 19.0. The van der Waals surface area contributed by atoms with Crippen LogP contribution in [0.15, 0.2) is 82.7 Å². The number of Topliss-reactive ketones (excluding diaryl/α,β-unsaturated/α-hetero) is 1. The van der Waals surface area contributed by atoms with Crippen LogP contribution in [0.2, 0.25) is 5.02 Å². The molecule has 3 heterocycles. The van der Waals surface area contributed by atoms with E-state index in [-0.39, 0.29) is 11.3 Å². The Kier molecular flexibility index (Phi) is 5.34. The number of aryl methyl sites for hydroxylation is 1. The lowest BCUT2D eigenvalue weighted by molar-refractivity contribution is -0.117. The van der Waals surface area contributed by atoms with Gasteiger partial charge in [0.15, 0.2) is 22.9 Å². The number of hydrogen-bond donors (Lipinski definition) is 1. The molecule has 0 bridgehead atoms. The molecule has 0 aliphatic carbocycles. The second-order valence-electron chi connectivity index (χ2n) is 7.87. The maximum absolute atomic E-state index is 13.7. The molecule has 0 radical (unpaired) electrons. The van der Waals surface area contributed by atoms with Crippen molar-refractivity contribution in [3.8, 4) is 5.75 Å². The minimum absolute atomic E-state index is 0.0115. The third-order valence-electron chi connectivity index (χ3n) is 5.84. The number of fused-ring (bicyclic) bond motifs is 1. The van der Waals surface area contributed by atoms with E-state index in [9.17, 15) is 14.7 Å². The number of nitrogens with zero attached hydrogens (tertiary/aromatic N) is 2. The number of amides is 1. The molecular weight excluding hydrogens is 456 g/mol. The Labute approximate surface area is 199 Å². The summed E-state index contributed by atoms with van der Waals surface area (Å²) in [4.78, 5) is 32.5. The molecule has 1 N–H and O–H groups in total. The van der Waals surface area contributed by atoms with Gasteiger partial charge in [-0.25, -0.2) is 0 Å². The molecule has 34 heavy (non-hydrogen) atoms. The summed E-state index contributed by atoms with van der Waals surface area (Å²) in [5, 5.41) is 12.1. The van der Waals surface area contributed by atoms with Gasteiger partial charge in [0.2, 0.25) is 5.78 Å². The maximum atomic E-state index is 13.7. The second kappa shape index (κ2) is 8.35. The Morgan fingerprint density at radius 3 is 2.62 bits per heavy atom. The van der Waals surface area contributed by atoms with Gasteiger partial charge in [-0.05, 0) is 60.5 Å². The molecule has 8 heteroatoms. The van der Waals surface area contributed by atoms with Crippen LogP contribution in [0.4, 0.5) is 5.69 Å². The fourth-order valence-electron chi connectivity index (χ4n) is 4.28. The lowest BCUT2D eigenvalue weighted by Crippen LogP contribution is -2.31. The fraction of sp³-hybridized carbons (Fsp3) is 0.115. The van der Waals surface area contributed by atoms with E-state index in [4.69, 9.17) is 20.8 Å². The van der Waals surface area contributed by atoms with Crippen molar-refractivity contribution in [2.75, 3.05) is 12.0 Å². The number of rotatable bonds is 5. The van der Waals surface area contributed by atoms with Gasteiger partial charge in [0, 0.05) is 28.5 Å². The van der Waals surface area contributed by atoms with Crippen molar-refractivity contribution >= 4 is 39.9 Å². The number of aliphatic hydroxyl groups excluding tert-OH is 1. The molecule has 2 aromatic heterocycles. The predicted octanol–water partition coefficient (Wildman–Crippen LogP) is 5.58. The van der Waals surface area contributed by atoms with Crippen molar-refractivity contribution in [2.24, 2.45) is 0 Å². The number of ether oxygens (including phenoxy) is 1. The SMILES string of the molecule is COc1cccc2cc(C(=O)C3=C(O)C(=O)N(c4ccc(Cl)cc4C)C3c3ccncc3)oc12. The van der Waals surface area contributed by atoms with Gasteiger partial charge in [-0.3, -0.25) is 19.5 Å². The van der Waals surface area contributed by atoms with Crippen molar-refractivity contribution in [3.05, 3.63) is 100 Å². The van der Waals surface area contributed by atoms with Crippen molar-refractivity contribution in [1.29, 1.82) is 0 Å². The molecule has 1 amide bonds. The largest absolute Gasteiger partial charge is 0.503 e. The monoisotopic (exact) mass is 474 g/mol. The highest BCUT2D eigenvalue weighted by Crippen LogP contribution is 2.43. The van der Waals surface area contributed by atoms with Gasteiger partial charge >= 0.3 is 0 Å². The molecular formula is C26H19ClN2O5. The molecule has 0 saturated heterocycles. The van der Waals surface area contributed by atoms with E-state index in [0.29, 0.717) is 33.0 Å². The number of methoxy groups -OCH3 is 1. The Balaban J connectivity index is 1.67. The molecule has 7 nitrogen and oxygen atoms in total. The van der Waals surface area contributed by atoms with E-state index in [0.717, 1.165) is 5.56 Å². The van der Waals surface area contributed by atoms with Crippen LogP contribution in [-0.2, 0) is 4.79 Å². The summed E-state index contributed by atoms with van der Waals surface area (Å²) in [6, 6.07) is 14.4. The van der Waals surface area contributed by atoms with E-state index in [2.05, 4.69) is 4.98 Å². The van der Waals surface area contributed by atoms with E-state index < -0.39 is 23.5 Å². The summed E-state index contributed by atoms with van der Waals surface area (Å²) >= 11 is 6.12. The zero-order chi connectivity index (χ0) is 24.0. The van der Waals surface area contributed by atoms with Gasteiger partial charge in [-0.15, -0.1) is 0 Å². The number of ketones is 1. The van der Waals surface area contributed by atoms with Crippen LogP contribution in [0, 0.1) is 6.92 Å². The van der Waals surface area contributed by atoms with Gasteiger partial charge < -0.3 is 14.3 Å². The van der Waals surface area contributed by atoms with E-state index in [1.54, 1.807) is 73.9 Å². The van der Waals surface area contributed by atoms with Crippen molar-refractivity contribution in [1.82, 2.24) is 4.98 Å². The fourth-order valence-corrected chi connectivity index (χ4v) is 4.50. The first-order chi connectivity index (χ1) is 16.4. The summed E-state index contributed by atoms with van der Waals surface area (Å²) < 4.78 is 11.2. The minimum Gasteiger partial charge on any atom is -0.503 e. The summed E-state index contributed by atoms with van der Waals surface area (Å²) in [6.45, 7) is 1.81. The van der Waals surface area contributed by atoms with Gasteiger partial charge in [-0.2, -0.15) is 0 Å². The Morgan fingerprint density at radius 2 is 1.91 bits per heavy atom. The number of hydrogen-bond acceptors (Lipinski definition) is 6. The van der Waals surface area contributed by atoms with E-state index in [1.807, 2.05) is 0 Å². The number of furan rings is 1. The topological polar surface area (TPSA) is 92.9 Å². The maximum Gasteiger partial charge on any atom is 0.294 e. The normalized spacial score (nSPS) is 15.9. The quantitative estimate of drug-likeness (QED) is 0.379. The first kappa shape index (κ1) is 21.7. The third kappa shape index (κ3) is 3.41. The Bertz CT molecular complexity index is 1480. The van der Waals surface area contributed by atoms with Crippen LogP contribution >= 0.6 is 11.6 Å². The molecule has 170 valence electrons.